The first-order chi connectivity index (χ1) is 12.0. The van der Waals surface area contributed by atoms with E-state index in [0.29, 0.717) is 41.7 Å². The zero-order valence-electron chi connectivity index (χ0n) is 14.0. The van der Waals surface area contributed by atoms with Crippen LogP contribution < -0.4 is 10.2 Å². The molecule has 0 spiro atoms. The van der Waals surface area contributed by atoms with Gasteiger partial charge in [-0.2, -0.15) is 0 Å². The van der Waals surface area contributed by atoms with E-state index < -0.39 is 0 Å². The van der Waals surface area contributed by atoms with Crippen LogP contribution in [-0.2, 0) is 16.0 Å². The molecule has 2 amide bonds. The van der Waals surface area contributed by atoms with Crippen molar-refractivity contribution in [3.63, 3.8) is 0 Å². The van der Waals surface area contributed by atoms with Crippen molar-refractivity contribution in [3.05, 3.63) is 64.1 Å². The molecular formula is C19H20Cl2N2O2. The minimum atomic E-state index is -0.128. The Kier molecular flexibility index (Phi) is 7.29. The Morgan fingerprint density at radius 3 is 2.40 bits per heavy atom. The first-order valence-corrected chi connectivity index (χ1v) is 8.76. The average Bonchev–Trinajstić information content (AvgIpc) is 2.60. The monoisotopic (exact) mass is 378 g/mol. The lowest BCUT2D eigenvalue weighted by Crippen LogP contribution is -2.37. The molecule has 2 aromatic carbocycles. The normalized spacial score (nSPS) is 10.4. The van der Waals surface area contributed by atoms with E-state index in [9.17, 15) is 9.59 Å². The molecule has 132 valence electrons. The van der Waals surface area contributed by atoms with Gasteiger partial charge in [0.25, 0.3) is 0 Å². The highest BCUT2D eigenvalue weighted by Gasteiger charge is 2.13. The van der Waals surface area contributed by atoms with E-state index >= 15 is 0 Å². The van der Waals surface area contributed by atoms with Crippen LogP contribution in [0, 0.1) is 0 Å². The standard InChI is InChI=1S/C19H20Cl2N2O2/c1-14(24)23(16-8-9-17(20)18(21)13-16)12-11-22-19(25)10-7-15-5-3-2-4-6-15/h2-6,8-9,13H,7,10-12H2,1H3,(H,22,25). The molecule has 0 saturated carbocycles. The molecule has 0 aliphatic carbocycles. The van der Waals surface area contributed by atoms with Gasteiger partial charge in [-0.3, -0.25) is 9.59 Å². The number of hydrogen-bond donors (Lipinski definition) is 1. The van der Waals surface area contributed by atoms with Gasteiger partial charge in [0.1, 0.15) is 0 Å². The van der Waals surface area contributed by atoms with Crippen LogP contribution >= 0.6 is 23.2 Å². The molecule has 0 aromatic heterocycles. The first-order valence-electron chi connectivity index (χ1n) is 8.01. The van der Waals surface area contributed by atoms with E-state index in [1.165, 1.54) is 6.92 Å². The van der Waals surface area contributed by atoms with Crippen LogP contribution in [0.15, 0.2) is 48.5 Å². The second-order valence-corrected chi connectivity index (χ2v) is 6.42. The Bertz CT molecular complexity index is 735. The van der Waals surface area contributed by atoms with Crippen LogP contribution in [-0.4, -0.2) is 24.9 Å². The Hall–Kier alpha value is -2.04. The number of rotatable bonds is 7. The predicted molar refractivity (Wildman–Crippen MR) is 102 cm³/mol. The molecule has 0 saturated heterocycles. The van der Waals surface area contributed by atoms with Crippen LogP contribution in [0.2, 0.25) is 10.0 Å². The summed E-state index contributed by atoms with van der Waals surface area (Å²) in [5.74, 6) is -0.168. The molecule has 25 heavy (non-hydrogen) atoms. The second kappa shape index (κ2) is 9.44. The van der Waals surface area contributed by atoms with E-state index in [1.54, 1.807) is 23.1 Å². The molecule has 4 nitrogen and oxygen atoms in total. The molecule has 2 rings (SSSR count). The van der Waals surface area contributed by atoms with Crippen molar-refractivity contribution in [2.75, 3.05) is 18.0 Å². The van der Waals surface area contributed by atoms with Crippen molar-refractivity contribution in [3.8, 4) is 0 Å². The van der Waals surface area contributed by atoms with Crippen molar-refractivity contribution in [2.24, 2.45) is 0 Å². The quantitative estimate of drug-likeness (QED) is 0.788. The van der Waals surface area contributed by atoms with Gasteiger partial charge >= 0.3 is 0 Å². The number of amides is 2. The van der Waals surface area contributed by atoms with Crippen molar-refractivity contribution in [2.45, 2.75) is 19.8 Å². The lowest BCUT2D eigenvalue weighted by atomic mass is 10.1. The molecule has 1 N–H and O–H groups in total. The summed E-state index contributed by atoms with van der Waals surface area (Å²) in [6.07, 6.45) is 1.10. The van der Waals surface area contributed by atoms with Gasteiger partial charge in [-0.1, -0.05) is 53.5 Å². The summed E-state index contributed by atoms with van der Waals surface area (Å²) in [6, 6.07) is 14.9. The Morgan fingerprint density at radius 1 is 1.04 bits per heavy atom. The van der Waals surface area contributed by atoms with Crippen LogP contribution in [0.25, 0.3) is 0 Å². The predicted octanol–water partition coefficient (Wildman–Crippen LogP) is 4.10. The van der Waals surface area contributed by atoms with Gasteiger partial charge in [0.05, 0.1) is 10.0 Å². The fourth-order valence-corrected chi connectivity index (χ4v) is 2.71. The maximum absolute atomic E-state index is 11.9. The molecule has 0 radical (unpaired) electrons. The smallest absolute Gasteiger partial charge is 0.223 e. The Balaban J connectivity index is 1.83. The number of anilines is 1. The van der Waals surface area contributed by atoms with E-state index in [0.717, 1.165) is 5.56 Å². The Labute approximate surface area is 157 Å². The van der Waals surface area contributed by atoms with Crippen LogP contribution in [0.5, 0.6) is 0 Å². The topological polar surface area (TPSA) is 49.4 Å². The highest BCUT2D eigenvalue weighted by atomic mass is 35.5. The molecule has 0 unspecified atom stereocenters. The second-order valence-electron chi connectivity index (χ2n) is 5.60. The number of carbonyl (C=O) groups excluding carboxylic acids is 2. The molecule has 0 aliphatic heterocycles. The number of halogens is 2. The maximum atomic E-state index is 11.9. The fourth-order valence-electron chi connectivity index (χ4n) is 2.42. The summed E-state index contributed by atoms with van der Waals surface area (Å²) >= 11 is 11.9. The molecule has 0 bridgehead atoms. The van der Waals surface area contributed by atoms with Crippen molar-refractivity contribution in [1.82, 2.24) is 5.32 Å². The van der Waals surface area contributed by atoms with Crippen LogP contribution in [0.4, 0.5) is 5.69 Å². The largest absolute Gasteiger partial charge is 0.354 e. The van der Waals surface area contributed by atoms with Crippen molar-refractivity contribution in [1.29, 1.82) is 0 Å². The molecule has 2 aromatic rings. The lowest BCUT2D eigenvalue weighted by molar-refractivity contribution is -0.121. The van der Waals surface area contributed by atoms with Gasteiger partial charge in [-0.05, 0) is 30.2 Å². The molecule has 0 aliphatic rings. The third kappa shape index (κ3) is 6.07. The minimum Gasteiger partial charge on any atom is -0.354 e. The fraction of sp³-hybridized carbons (Fsp3) is 0.263. The highest BCUT2D eigenvalue weighted by Crippen LogP contribution is 2.27. The zero-order valence-corrected chi connectivity index (χ0v) is 15.5. The third-order valence-corrected chi connectivity index (χ3v) is 4.48. The summed E-state index contributed by atoms with van der Waals surface area (Å²) in [7, 11) is 0. The average molecular weight is 379 g/mol. The van der Waals surface area contributed by atoms with Gasteiger partial charge in [0.15, 0.2) is 0 Å². The van der Waals surface area contributed by atoms with Crippen molar-refractivity contribution >= 4 is 40.7 Å². The van der Waals surface area contributed by atoms with Crippen LogP contribution in [0.3, 0.4) is 0 Å². The SMILES string of the molecule is CC(=O)N(CCNC(=O)CCc1ccccc1)c1ccc(Cl)c(Cl)c1. The summed E-state index contributed by atoms with van der Waals surface area (Å²) in [5, 5.41) is 3.66. The zero-order chi connectivity index (χ0) is 18.2. The molecule has 0 heterocycles. The summed E-state index contributed by atoms with van der Waals surface area (Å²) in [5.41, 5.74) is 1.78. The molecule has 0 fully saturated rings. The summed E-state index contributed by atoms with van der Waals surface area (Å²) in [6.45, 7) is 2.21. The molecule has 0 atom stereocenters. The van der Waals surface area contributed by atoms with Crippen molar-refractivity contribution < 1.29 is 9.59 Å². The van der Waals surface area contributed by atoms with Gasteiger partial charge in [-0.25, -0.2) is 0 Å². The molecular weight excluding hydrogens is 359 g/mol. The van der Waals surface area contributed by atoms with E-state index in [-0.39, 0.29) is 11.8 Å². The number of nitrogens with zero attached hydrogens (tertiary/aromatic N) is 1. The first kappa shape index (κ1) is 19.3. The van der Waals surface area contributed by atoms with E-state index in [4.69, 9.17) is 23.2 Å². The number of nitrogens with one attached hydrogen (secondary N) is 1. The maximum Gasteiger partial charge on any atom is 0.223 e. The Morgan fingerprint density at radius 2 is 1.76 bits per heavy atom. The van der Waals surface area contributed by atoms with Gasteiger partial charge in [0.2, 0.25) is 11.8 Å². The minimum absolute atomic E-state index is 0.0403. The number of benzene rings is 2. The van der Waals surface area contributed by atoms with E-state index in [2.05, 4.69) is 5.32 Å². The van der Waals surface area contributed by atoms with E-state index in [1.807, 2.05) is 30.3 Å². The van der Waals surface area contributed by atoms with Crippen LogP contribution in [0.1, 0.15) is 18.9 Å². The van der Waals surface area contributed by atoms with Gasteiger partial charge < -0.3 is 10.2 Å². The summed E-state index contributed by atoms with van der Waals surface area (Å²) < 4.78 is 0. The number of aryl methyl sites for hydroxylation is 1. The molecule has 6 heteroatoms. The number of hydrogen-bond acceptors (Lipinski definition) is 2. The number of carbonyl (C=O) groups is 2. The third-order valence-electron chi connectivity index (χ3n) is 3.74. The lowest BCUT2D eigenvalue weighted by Gasteiger charge is -2.22. The highest BCUT2D eigenvalue weighted by molar-refractivity contribution is 6.42. The van der Waals surface area contributed by atoms with Gasteiger partial charge in [-0.15, -0.1) is 0 Å². The van der Waals surface area contributed by atoms with Gasteiger partial charge in [0, 0.05) is 32.1 Å². The summed E-state index contributed by atoms with van der Waals surface area (Å²) in [4.78, 5) is 25.4.